The van der Waals surface area contributed by atoms with Gasteiger partial charge in [0.1, 0.15) is 7.14 Å². The van der Waals surface area contributed by atoms with Crippen LogP contribution in [0.25, 0.3) is 0 Å². The Labute approximate surface area is 266 Å². The Balaban J connectivity index is 1.78. The van der Waals surface area contributed by atoms with E-state index in [-0.39, 0.29) is 0 Å². The Hall–Kier alpha value is -3.99. The highest BCUT2D eigenvalue weighted by molar-refractivity contribution is 7.96. The number of rotatable bonds is 10. The summed E-state index contributed by atoms with van der Waals surface area (Å²) >= 11 is 0. The third kappa shape index (κ3) is 5.55. The van der Waals surface area contributed by atoms with Gasteiger partial charge >= 0.3 is 0 Å². The summed E-state index contributed by atoms with van der Waals surface area (Å²) in [4.78, 5) is 0. The van der Waals surface area contributed by atoms with Crippen LogP contribution < -0.4 is 31.8 Å². The summed E-state index contributed by atoms with van der Waals surface area (Å²) < 4.78 is 49.3. The SMILES string of the molecule is CC(C(P(=O)(c1ccccc1)c1ccccc1)P(=O)(c1ccccc1)c1ccccc1)P(=O)(c1ccccc1)c1ccccc1. The highest BCUT2D eigenvalue weighted by Gasteiger charge is 2.56. The molecule has 6 aromatic carbocycles. The minimum atomic E-state index is -3.82. The Bertz CT molecular complexity index is 1760. The molecular weight excluding hydrogens is 609 g/mol. The van der Waals surface area contributed by atoms with Crippen molar-refractivity contribution in [1.82, 2.24) is 0 Å². The zero-order chi connectivity index (χ0) is 31.3. The van der Waals surface area contributed by atoms with Gasteiger partial charge < -0.3 is 13.7 Å². The van der Waals surface area contributed by atoms with Crippen molar-refractivity contribution in [2.45, 2.75) is 18.0 Å². The smallest absolute Gasteiger partial charge is 0.154 e. The Morgan fingerprint density at radius 3 is 0.689 bits per heavy atom. The van der Waals surface area contributed by atoms with Crippen LogP contribution in [0.2, 0.25) is 0 Å². The maximum atomic E-state index is 16.6. The van der Waals surface area contributed by atoms with Crippen molar-refractivity contribution in [1.29, 1.82) is 0 Å². The van der Waals surface area contributed by atoms with Gasteiger partial charge in [-0.05, 0) is 0 Å². The lowest BCUT2D eigenvalue weighted by molar-refractivity contribution is 0.562. The first-order valence-corrected chi connectivity index (χ1v) is 20.4. The second-order valence-electron chi connectivity index (χ2n) is 11.1. The van der Waals surface area contributed by atoms with Crippen LogP contribution in [-0.4, -0.2) is 11.1 Å². The predicted octanol–water partition coefficient (Wildman–Crippen LogP) is 7.74. The summed E-state index contributed by atoms with van der Waals surface area (Å²) in [6.07, 6.45) is 0. The lowest BCUT2D eigenvalue weighted by Gasteiger charge is -2.42. The van der Waals surface area contributed by atoms with Crippen LogP contribution in [0, 0.1) is 0 Å². The second kappa shape index (κ2) is 13.2. The molecule has 6 heteroatoms. The predicted molar refractivity (Wildman–Crippen MR) is 193 cm³/mol. The molecule has 0 aromatic heterocycles. The minimum absolute atomic E-state index is 0.591. The number of hydrogen-bond donors (Lipinski definition) is 0. The van der Waals surface area contributed by atoms with E-state index in [1.807, 2.05) is 189 Å². The van der Waals surface area contributed by atoms with Gasteiger partial charge in [-0.2, -0.15) is 0 Å². The van der Waals surface area contributed by atoms with E-state index in [0.717, 1.165) is 0 Å². The molecule has 0 aliphatic carbocycles. The summed E-state index contributed by atoms with van der Waals surface area (Å²) in [6.45, 7) is 1.91. The van der Waals surface area contributed by atoms with E-state index in [1.165, 1.54) is 0 Å². The molecule has 224 valence electrons. The lowest BCUT2D eigenvalue weighted by atomic mass is 10.4. The molecule has 0 aliphatic rings. The molecule has 45 heavy (non-hydrogen) atoms. The normalized spacial score (nSPS) is 12.9. The van der Waals surface area contributed by atoms with Crippen LogP contribution in [-0.2, 0) is 13.7 Å². The standard InChI is InChI=1S/C39H35O3P3/c1-32(43(40,33-20-8-2-9-21-33)34-22-10-3-11-23-34)39(44(41,35-24-12-4-13-25-35)36-26-14-5-15-27-36)45(42,37-28-16-6-17-29-37)38-30-18-7-19-31-38/h2-32,39H,1H3. The van der Waals surface area contributed by atoms with Crippen LogP contribution in [0.5, 0.6) is 0 Å². The first-order valence-electron chi connectivity index (χ1n) is 15.0. The second-order valence-corrected chi connectivity index (χ2v) is 20.5. The van der Waals surface area contributed by atoms with Gasteiger partial charge in [0, 0.05) is 37.5 Å². The minimum Gasteiger partial charge on any atom is -0.313 e. The first kappa shape index (κ1) is 31.0. The maximum Gasteiger partial charge on any atom is 0.154 e. The molecule has 1 unspecified atom stereocenters. The van der Waals surface area contributed by atoms with Crippen LogP contribution >= 0.6 is 21.4 Å². The molecule has 0 saturated carbocycles. The molecule has 6 aromatic rings. The van der Waals surface area contributed by atoms with Gasteiger partial charge in [-0.15, -0.1) is 0 Å². The number of benzene rings is 6. The Morgan fingerprint density at radius 1 is 0.311 bits per heavy atom. The fourth-order valence-electron chi connectivity index (χ4n) is 6.45. The highest BCUT2D eigenvalue weighted by atomic mass is 31.2. The van der Waals surface area contributed by atoms with Crippen molar-refractivity contribution in [3.05, 3.63) is 182 Å². The Kier molecular flexibility index (Phi) is 9.07. The van der Waals surface area contributed by atoms with Gasteiger partial charge in [0.15, 0.2) is 14.3 Å². The van der Waals surface area contributed by atoms with Gasteiger partial charge in [-0.25, -0.2) is 0 Å². The van der Waals surface area contributed by atoms with E-state index in [4.69, 9.17) is 0 Å². The van der Waals surface area contributed by atoms with Gasteiger partial charge in [0.2, 0.25) is 0 Å². The van der Waals surface area contributed by atoms with Crippen molar-refractivity contribution < 1.29 is 13.7 Å². The van der Waals surface area contributed by atoms with E-state index in [0.29, 0.717) is 31.8 Å². The molecular formula is C39H35O3P3. The van der Waals surface area contributed by atoms with E-state index < -0.39 is 32.5 Å². The lowest BCUT2D eigenvalue weighted by Crippen LogP contribution is -2.41. The van der Waals surface area contributed by atoms with Gasteiger partial charge in [-0.1, -0.05) is 189 Å². The molecule has 0 aliphatic heterocycles. The molecule has 0 heterocycles. The Morgan fingerprint density at radius 2 is 0.489 bits per heavy atom. The number of hydrogen-bond acceptors (Lipinski definition) is 3. The summed E-state index contributed by atoms with van der Waals surface area (Å²) in [7, 11) is -11.2. The van der Waals surface area contributed by atoms with Crippen LogP contribution in [0.3, 0.4) is 0 Å². The van der Waals surface area contributed by atoms with Crippen LogP contribution in [0.1, 0.15) is 6.92 Å². The molecule has 0 radical (unpaired) electrons. The van der Waals surface area contributed by atoms with E-state index in [2.05, 4.69) is 0 Å². The van der Waals surface area contributed by atoms with Gasteiger partial charge in [0.05, 0.1) is 5.40 Å². The third-order valence-corrected chi connectivity index (χ3v) is 21.2. The van der Waals surface area contributed by atoms with Gasteiger partial charge in [0.25, 0.3) is 0 Å². The summed E-state index contributed by atoms with van der Waals surface area (Å²) in [5, 5.41) is 2.61. The van der Waals surface area contributed by atoms with Crippen LogP contribution in [0.15, 0.2) is 182 Å². The first-order chi connectivity index (χ1) is 21.9. The quantitative estimate of drug-likeness (QED) is 0.143. The molecule has 3 nitrogen and oxygen atoms in total. The molecule has 0 fully saturated rings. The zero-order valence-corrected chi connectivity index (χ0v) is 27.7. The summed E-state index contributed by atoms with van der Waals surface area (Å²) in [5.41, 5.74) is -0.806. The average Bonchev–Trinajstić information content (AvgIpc) is 3.13. The topological polar surface area (TPSA) is 51.2 Å². The third-order valence-electron chi connectivity index (χ3n) is 8.59. The zero-order valence-electron chi connectivity index (χ0n) is 25.0. The highest BCUT2D eigenvalue weighted by Crippen LogP contribution is 2.72. The molecule has 0 amide bonds. The van der Waals surface area contributed by atoms with Crippen molar-refractivity contribution >= 4 is 53.3 Å². The van der Waals surface area contributed by atoms with Gasteiger partial charge in [-0.3, -0.25) is 0 Å². The largest absolute Gasteiger partial charge is 0.313 e. The maximum absolute atomic E-state index is 16.6. The van der Waals surface area contributed by atoms with E-state index >= 15 is 13.7 Å². The van der Waals surface area contributed by atoms with E-state index in [1.54, 1.807) is 0 Å². The molecule has 0 N–H and O–H groups in total. The monoisotopic (exact) mass is 644 g/mol. The molecule has 0 spiro atoms. The van der Waals surface area contributed by atoms with Crippen LogP contribution in [0.4, 0.5) is 0 Å². The molecule has 1 atom stereocenters. The molecule has 0 bridgehead atoms. The summed E-state index contributed by atoms with van der Waals surface area (Å²) in [6, 6.07) is 56.3. The fraction of sp³-hybridized carbons (Fsp3) is 0.0769. The van der Waals surface area contributed by atoms with Crippen molar-refractivity contribution in [2.75, 3.05) is 0 Å². The summed E-state index contributed by atoms with van der Waals surface area (Å²) in [5.74, 6) is 0. The van der Waals surface area contributed by atoms with Crippen molar-refractivity contribution in [3.63, 3.8) is 0 Å². The molecule has 0 saturated heterocycles. The van der Waals surface area contributed by atoms with E-state index in [9.17, 15) is 0 Å². The molecule has 6 rings (SSSR count). The fourth-order valence-corrected chi connectivity index (χ4v) is 20.5. The van der Waals surface area contributed by atoms with Crippen molar-refractivity contribution in [2.24, 2.45) is 0 Å². The van der Waals surface area contributed by atoms with Crippen molar-refractivity contribution in [3.8, 4) is 0 Å². The average molecular weight is 645 g/mol.